The Hall–Kier alpha value is -1.84. The van der Waals surface area contributed by atoms with Crippen LogP contribution in [0.2, 0.25) is 0 Å². The van der Waals surface area contributed by atoms with Gasteiger partial charge in [-0.05, 0) is 32.6 Å². The summed E-state index contributed by atoms with van der Waals surface area (Å²) in [4.78, 5) is 13.1. The predicted octanol–water partition coefficient (Wildman–Crippen LogP) is 0.934. The molecule has 1 saturated heterocycles. The first-order chi connectivity index (χ1) is 12.0. The van der Waals surface area contributed by atoms with Crippen molar-refractivity contribution in [2.45, 2.75) is 57.3 Å². The van der Waals surface area contributed by atoms with E-state index in [1.165, 1.54) is 23.7 Å². The molecule has 0 aromatic carbocycles. The number of nitrogens with one attached hydrogen (secondary N) is 1. The zero-order valence-corrected chi connectivity index (χ0v) is 14.1. The summed E-state index contributed by atoms with van der Waals surface area (Å²) in [5.41, 5.74) is 0.979. The van der Waals surface area contributed by atoms with Crippen LogP contribution in [0.1, 0.15) is 31.8 Å². The molecule has 4 rings (SSSR count). The lowest BCUT2D eigenvalue weighted by molar-refractivity contribution is -0.0459. The van der Waals surface area contributed by atoms with Crippen LogP contribution in [0, 0.1) is 12.8 Å². The highest BCUT2D eigenvalue weighted by Gasteiger charge is 2.45. The largest absolute Gasteiger partial charge is 0.394 e. The lowest BCUT2D eigenvalue weighted by Gasteiger charge is -2.16. The Morgan fingerprint density at radius 2 is 2.20 bits per heavy atom. The molecule has 0 radical (unpaired) electrons. The minimum Gasteiger partial charge on any atom is -0.394 e. The summed E-state index contributed by atoms with van der Waals surface area (Å²) >= 11 is 0. The van der Waals surface area contributed by atoms with Gasteiger partial charge in [-0.1, -0.05) is 0 Å². The van der Waals surface area contributed by atoms with Gasteiger partial charge in [-0.3, -0.25) is 4.57 Å². The Kier molecular flexibility index (Phi) is 4.09. The number of nitrogens with zero attached hydrogens (tertiary/aromatic N) is 4. The SMILES string of the molecule is Cc1nc(NC(C)C2CC2)c2ncn([C@@H]3O[C@H](CO)[C@@H](O)[C@@H]3F)c2n1. The van der Waals surface area contributed by atoms with Gasteiger partial charge in [0, 0.05) is 6.04 Å². The molecule has 9 heteroatoms. The quantitative estimate of drug-likeness (QED) is 0.736. The number of aryl methyl sites for hydroxylation is 1. The zero-order valence-electron chi connectivity index (χ0n) is 14.1. The molecule has 2 aliphatic rings. The van der Waals surface area contributed by atoms with E-state index in [4.69, 9.17) is 4.74 Å². The lowest BCUT2D eigenvalue weighted by atomic mass is 10.1. The molecule has 3 N–H and O–H groups in total. The number of anilines is 1. The van der Waals surface area contributed by atoms with E-state index in [1.807, 2.05) is 0 Å². The van der Waals surface area contributed by atoms with Gasteiger partial charge in [0.25, 0.3) is 0 Å². The summed E-state index contributed by atoms with van der Waals surface area (Å²) in [6, 6.07) is 0.278. The van der Waals surface area contributed by atoms with E-state index in [-0.39, 0.29) is 6.04 Å². The molecule has 136 valence electrons. The van der Waals surface area contributed by atoms with Crippen molar-refractivity contribution in [2.24, 2.45) is 5.92 Å². The third-order valence-electron chi connectivity index (χ3n) is 4.97. The van der Waals surface area contributed by atoms with Crippen LogP contribution < -0.4 is 5.32 Å². The van der Waals surface area contributed by atoms with Crippen molar-refractivity contribution < 1.29 is 19.3 Å². The molecule has 1 aliphatic heterocycles. The fourth-order valence-corrected chi connectivity index (χ4v) is 3.32. The van der Waals surface area contributed by atoms with E-state index < -0.39 is 31.2 Å². The van der Waals surface area contributed by atoms with E-state index in [0.717, 1.165) is 0 Å². The molecule has 8 nitrogen and oxygen atoms in total. The molecule has 2 aromatic heterocycles. The Balaban J connectivity index is 1.70. The van der Waals surface area contributed by atoms with Gasteiger partial charge in [-0.2, -0.15) is 0 Å². The summed E-state index contributed by atoms with van der Waals surface area (Å²) in [6.45, 7) is 3.42. The zero-order chi connectivity index (χ0) is 17.7. The fraction of sp³-hybridized carbons (Fsp3) is 0.688. The number of ether oxygens (including phenoxy) is 1. The average Bonchev–Trinajstić information content (AvgIpc) is 3.30. The van der Waals surface area contributed by atoms with Gasteiger partial charge in [-0.15, -0.1) is 0 Å². The van der Waals surface area contributed by atoms with Crippen LogP contribution in [0.4, 0.5) is 10.2 Å². The molecule has 1 aliphatic carbocycles. The summed E-state index contributed by atoms with van der Waals surface area (Å²) in [5.74, 6) is 1.79. The van der Waals surface area contributed by atoms with Gasteiger partial charge >= 0.3 is 0 Å². The average molecular weight is 351 g/mol. The van der Waals surface area contributed by atoms with Crippen molar-refractivity contribution >= 4 is 17.0 Å². The summed E-state index contributed by atoms with van der Waals surface area (Å²) in [6.07, 6.45) is -1.26. The van der Waals surface area contributed by atoms with E-state index in [0.29, 0.717) is 28.7 Å². The molecule has 3 heterocycles. The molecular formula is C16H22FN5O3. The van der Waals surface area contributed by atoms with Gasteiger partial charge in [0.05, 0.1) is 12.9 Å². The second-order valence-corrected chi connectivity index (χ2v) is 6.90. The summed E-state index contributed by atoms with van der Waals surface area (Å²) < 4.78 is 21.4. The number of aliphatic hydroxyl groups excluding tert-OH is 2. The Morgan fingerprint density at radius 1 is 1.44 bits per heavy atom. The minimum absolute atomic E-state index is 0.278. The highest BCUT2D eigenvalue weighted by molar-refractivity contribution is 5.83. The molecular weight excluding hydrogens is 329 g/mol. The molecule has 0 amide bonds. The first kappa shape index (κ1) is 16.6. The summed E-state index contributed by atoms with van der Waals surface area (Å²) in [5, 5.41) is 22.5. The minimum atomic E-state index is -1.67. The number of aromatic nitrogens is 4. The maximum atomic E-state index is 14.4. The number of imidazole rings is 1. The molecule has 5 atom stereocenters. The maximum Gasteiger partial charge on any atom is 0.173 e. The normalized spacial score (nSPS) is 30.8. The molecule has 1 saturated carbocycles. The topological polar surface area (TPSA) is 105 Å². The van der Waals surface area contributed by atoms with E-state index in [2.05, 4.69) is 27.2 Å². The van der Waals surface area contributed by atoms with Crippen LogP contribution in [-0.2, 0) is 4.74 Å². The number of hydrogen-bond acceptors (Lipinski definition) is 7. The number of aliphatic hydroxyl groups is 2. The Bertz CT molecular complexity index is 780. The van der Waals surface area contributed by atoms with Gasteiger partial charge in [-0.25, -0.2) is 19.3 Å². The first-order valence-electron chi connectivity index (χ1n) is 8.55. The number of alkyl halides is 1. The van der Waals surface area contributed by atoms with Crippen LogP contribution in [-0.4, -0.2) is 60.8 Å². The van der Waals surface area contributed by atoms with Crippen molar-refractivity contribution in [1.29, 1.82) is 0 Å². The van der Waals surface area contributed by atoms with Gasteiger partial charge in [0.15, 0.2) is 29.4 Å². The lowest BCUT2D eigenvalue weighted by Crippen LogP contribution is -2.30. The van der Waals surface area contributed by atoms with Crippen LogP contribution in [0.3, 0.4) is 0 Å². The van der Waals surface area contributed by atoms with E-state index in [1.54, 1.807) is 6.92 Å². The molecule has 0 spiro atoms. The number of hydrogen-bond donors (Lipinski definition) is 3. The molecule has 2 fully saturated rings. The van der Waals surface area contributed by atoms with Crippen molar-refractivity contribution in [3.63, 3.8) is 0 Å². The van der Waals surface area contributed by atoms with Crippen LogP contribution >= 0.6 is 0 Å². The van der Waals surface area contributed by atoms with Crippen LogP contribution in [0.25, 0.3) is 11.2 Å². The molecule has 0 bridgehead atoms. The first-order valence-corrected chi connectivity index (χ1v) is 8.55. The molecule has 25 heavy (non-hydrogen) atoms. The Morgan fingerprint density at radius 3 is 2.84 bits per heavy atom. The van der Waals surface area contributed by atoms with Crippen LogP contribution in [0.15, 0.2) is 6.33 Å². The van der Waals surface area contributed by atoms with Gasteiger partial charge < -0.3 is 20.3 Å². The number of halogens is 1. The third-order valence-corrected chi connectivity index (χ3v) is 4.97. The van der Waals surface area contributed by atoms with Crippen molar-refractivity contribution in [2.75, 3.05) is 11.9 Å². The van der Waals surface area contributed by atoms with Crippen LogP contribution in [0.5, 0.6) is 0 Å². The van der Waals surface area contributed by atoms with Gasteiger partial charge in [0.2, 0.25) is 0 Å². The predicted molar refractivity (Wildman–Crippen MR) is 87.8 cm³/mol. The maximum absolute atomic E-state index is 14.4. The number of rotatable bonds is 5. The van der Waals surface area contributed by atoms with E-state index in [9.17, 15) is 14.6 Å². The highest BCUT2D eigenvalue weighted by Crippen LogP contribution is 2.36. The number of fused-ring (bicyclic) bond motifs is 1. The summed E-state index contributed by atoms with van der Waals surface area (Å²) in [7, 11) is 0. The smallest absolute Gasteiger partial charge is 0.173 e. The van der Waals surface area contributed by atoms with Crippen molar-refractivity contribution in [3.05, 3.63) is 12.2 Å². The second-order valence-electron chi connectivity index (χ2n) is 6.90. The van der Waals surface area contributed by atoms with Gasteiger partial charge in [0.1, 0.15) is 18.0 Å². The highest BCUT2D eigenvalue weighted by atomic mass is 19.1. The molecule has 1 unspecified atom stereocenters. The Labute approximate surface area is 144 Å². The fourth-order valence-electron chi connectivity index (χ4n) is 3.32. The third kappa shape index (κ3) is 2.86. The molecule has 2 aromatic rings. The standard InChI is InChI=1S/C16H22FN5O3/c1-7(9-3-4-9)19-14-12-15(21-8(2)20-14)22(6-18-12)16-11(17)13(24)10(5-23)25-16/h6-7,9-11,13,16,23-24H,3-5H2,1-2H3,(H,19,20,21)/t7?,10-,11+,13-,16-/m1/s1. The van der Waals surface area contributed by atoms with Crippen molar-refractivity contribution in [1.82, 2.24) is 19.5 Å². The monoisotopic (exact) mass is 351 g/mol. The van der Waals surface area contributed by atoms with E-state index >= 15 is 0 Å². The van der Waals surface area contributed by atoms with Crippen molar-refractivity contribution in [3.8, 4) is 0 Å². The second kappa shape index (κ2) is 6.15.